The summed E-state index contributed by atoms with van der Waals surface area (Å²) < 4.78 is 5.66. The molecule has 0 radical (unpaired) electrons. The van der Waals surface area contributed by atoms with Crippen molar-refractivity contribution in [2.45, 2.75) is 6.92 Å². The van der Waals surface area contributed by atoms with Gasteiger partial charge in [0.2, 0.25) is 0 Å². The number of benzene rings is 2. The largest absolute Gasteiger partial charge is 0.455 e. The number of nitro benzene ring substituents is 2. The number of anilines is 1. The Morgan fingerprint density at radius 2 is 1.74 bits per heavy atom. The summed E-state index contributed by atoms with van der Waals surface area (Å²) in [5.41, 5.74) is 3.79. The third-order valence-corrected chi connectivity index (χ3v) is 3.73. The van der Waals surface area contributed by atoms with Crippen molar-refractivity contribution in [1.29, 1.82) is 0 Å². The normalized spacial score (nSPS) is 10.9. The maximum atomic E-state index is 11.1. The molecule has 0 amide bonds. The molecule has 0 spiro atoms. The molecule has 1 N–H and O–H groups in total. The zero-order valence-corrected chi connectivity index (χ0v) is 14.2. The number of furan rings is 1. The Morgan fingerprint density at radius 3 is 2.41 bits per heavy atom. The zero-order chi connectivity index (χ0) is 19.4. The van der Waals surface area contributed by atoms with E-state index in [0.717, 1.165) is 23.3 Å². The van der Waals surface area contributed by atoms with Crippen molar-refractivity contribution >= 4 is 23.3 Å². The van der Waals surface area contributed by atoms with Crippen LogP contribution in [0.3, 0.4) is 0 Å². The summed E-state index contributed by atoms with van der Waals surface area (Å²) in [6.07, 6.45) is 1.36. The van der Waals surface area contributed by atoms with E-state index in [0.29, 0.717) is 11.5 Å². The second kappa shape index (κ2) is 7.48. The van der Waals surface area contributed by atoms with E-state index in [1.54, 1.807) is 12.1 Å². The molecule has 0 aliphatic heterocycles. The molecular weight excluding hydrogens is 352 g/mol. The van der Waals surface area contributed by atoms with Crippen LogP contribution < -0.4 is 5.43 Å². The summed E-state index contributed by atoms with van der Waals surface area (Å²) in [6, 6.07) is 14.6. The van der Waals surface area contributed by atoms with Crippen molar-refractivity contribution in [1.82, 2.24) is 0 Å². The molecule has 1 aromatic heterocycles. The van der Waals surface area contributed by atoms with Crippen LogP contribution in [-0.2, 0) is 0 Å². The summed E-state index contributed by atoms with van der Waals surface area (Å²) in [5.74, 6) is 1.11. The fourth-order valence-electron chi connectivity index (χ4n) is 2.34. The maximum absolute atomic E-state index is 11.1. The van der Waals surface area contributed by atoms with Gasteiger partial charge in [0, 0.05) is 11.6 Å². The quantitative estimate of drug-likeness (QED) is 0.388. The first-order valence-electron chi connectivity index (χ1n) is 7.83. The topological polar surface area (TPSA) is 124 Å². The lowest BCUT2D eigenvalue weighted by Gasteiger charge is -2.01. The second-order valence-corrected chi connectivity index (χ2v) is 5.65. The molecule has 0 fully saturated rings. The molecule has 9 nitrogen and oxygen atoms in total. The van der Waals surface area contributed by atoms with Gasteiger partial charge in [-0.2, -0.15) is 5.10 Å². The van der Waals surface area contributed by atoms with Crippen LogP contribution in [-0.4, -0.2) is 16.1 Å². The van der Waals surface area contributed by atoms with Crippen LogP contribution in [0.25, 0.3) is 11.3 Å². The van der Waals surface area contributed by atoms with Gasteiger partial charge in [-0.1, -0.05) is 29.8 Å². The number of non-ortho nitro benzene ring substituents is 1. The van der Waals surface area contributed by atoms with Crippen molar-refractivity contribution in [3.63, 3.8) is 0 Å². The molecule has 0 atom stereocenters. The van der Waals surface area contributed by atoms with Gasteiger partial charge in [-0.05, 0) is 25.1 Å². The van der Waals surface area contributed by atoms with Crippen molar-refractivity contribution in [2.75, 3.05) is 5.43 Å². The fraction of sp³-hybridized carbons (Fsp3) is 0.0556. The highest BCUT2D eigenvalue weighted by molar-refractivity contribution is 5.78. The number of hydrazone groups is 1. The highest BCUT2D eigenvalue weighted by Crippen LogP contribution is 2.29. The van der Waals surface area contributed by atoms with Crippen LogP contribution in [0.2, 0.25) is 0 Å². The van der Waals surface area contributed by atoms with Crippen molar-refractivity contribution in [2.24, 2.45) is 5.10 Å². The molecular formula is C18H14N4O5. The van der Waals surface area contributed by atoms with E-state index in [4.69, 9.17) is 4.42 Å². The summed E-state index contributed by atoms with van der Waals surface area (Å²) in [7, 11) is 0. The molecule has 0 saturated heterocycles. The lowest BCUT2D eigenvalue weighted by molar-refractivity contribution is -0.393. The highest BCUT2D eigenvalue weighted by Gasteiger charge is 2.19. The van der Waals surface area contributed by atoms with E-state index in [1.165, 1.54) is 12.3 Å². The standard InChI is InChI=1S/C18H14N4O5/c1-12-2-4-13(5-3-12)18-9-7-15(27-18)11-19-20-16-8-6-14(21(23)24)10-17(16)22(25)26/h2-11,20H,1H3/b19-11+. The molecule has 27 heavy (non-hydrogen) atoms. The monoisotopic (exact) mass is 366 g/mol. The molecule has 3 rings (SSSR count). The molecule has 0 saturated carbocycles. The molecule has 0 aliphatic rings. The number of nitrogens with zero attached hydrogens (tertiary/aromatic N) is 3. The number of rotatable bonds is 6. The van der Waals surface area contributed by atoms with Crippen molar-refractivity contribution < 1.29 is 14.3 Å². The van der Waals surface area contributed by atoms with Gasteiger partial charge in [0.1, 0.15) is 17.2 Å². The lowest BCUT2D eigenvalue weighted by atomic mass is 10.1. The Bertz CT molecular complexity index is 1020. The molecule has 3 aromatic rings. The van der Waals surface area contributed by atoms with Gasteiger partial charge in [0.15, 0.2) is 0 Å². The minimum atomic E-state index is -0.715. The van der Waals surface area contributed by atoms with E-state index in [2.05, 4.69) is 10.5 Å². The van der Waals surface area contributed by atoms with E-state index in [-0.39, 0.29) is 11.4 Å². The number of hydrogen-bond acceptors (Lipinski definition) is 7. The number of nitro groups is 2. The van der Waals surface area contributed by atoms with Crippen LogP contribution in [0, 0.1) is 27.2 Å². The van der Waals surface area contributed by atoms with Gasteiger partial charge >= 0.3 is 5.69 Å². The fourth-order valence-corrected chi connectivity index (χ4v) is 2.34. The predicted octanol–water partition coefficient (Wildman–Crippen LogP) is 4.52. The minimum absolute atomic E-state index is 0.0344. The first-order chi connectivity index (χ1) is 12.9. The second-order valence-electron chi connectivity index (χ2n) is 5.65. The molecule has 136 valence electrons. The Kier molecular flexibility index (Phi) is 4.93. The molecule has 1 heterocycles. The Morgan fingerprint density at radius 1 is 1.00 bits per heavy atom. The third kappa shape index (κ3) is 4.15. The maximum Gasteiger partial charge on any atom is 0.301 e. The summed E-state index contributed by atoms with van der Waals surface area (Å²) in [4.78, 5) is 20.4. The number of aryl methyl sites for hydroxylation is 1. The van der Waals surface area contributed by atoms with E-state index in [1.807, 2.05) is 31.2 Å². The van der Waals surface area contributed by atoms with Gasteiger partial charge in [-0.25, -0.2) is 0 Å². The van der Waals surface area contributed by atoms with Gasteiger partial charge in [0.25, 0.3) is 5.69 Å². The van der Waals surface area contributed by atoms with Gasteiger partial charge in [-0.3, -0.25) is 25.7 Å². The van der Waals surface area contributed by atoms with Gasteiger partial charge in [-0.15, -0.1) is 0 Å². The summed E-state index contributed by atoms with van der Waals surface area (Å²) in [5, 5.41) is 25.7. The van der Waals surface area contributed by atoms with Crippen molar-refractivity contribution in [3.8, 4) is 11.3 Å². The zero-order valence-electron chi connectivity index (χ0n) is 14.2. The van der Waals surface area contributed by atoms with Crippen LogP contribution in [0.1, 0.15) is 11.3 Å². The average molecular weight is 366 g/mol. The van der Waals surface area contributed by atoms with Crippen LogP contribution in [0.5, 0.6) is 0 Å². The smallest absolute Gasteiger partial charge is 0.301 e. The number of hydrogen-bond donors (Lipinski definition) is 1. The Balaban J connectivity index is 1.75. The Hall–Kier alpha value is -4.01. The highest BCUT2D eigenvalue weighted by atomic mass is 16.6. The van der Waals surface area contributed by atoms with E-state index < -0.39 is 15.5 Å². The number of nitrogens with one attached hydrogen (secondary N) is 1. The van der Waals surface area contributed by atoms with Gasteiger partial charge < -0.3 is 4.42 Å². The SMILES string of the molecule is Cc1ccc(-c2ccc(/C=N/Nc3ccc([N+](=O)[O-])cc3[N+](=O)[O-])o2)cc1. The average Bonchev–Trinajstić information content (AvgIpc) is 3.11. The molecule has 9 heteroatoms. The molecule has 0 aliphatic carbocycles. The minimum Gasteiger partial charge on any atom is -0.455 e. The molecule has 2 aromatic carbocycles. The van der Waals surface area contributed by atoms with Crippen molar-refractivity contribution in [3.05, 3.63) is 86.1 Å². The lowest BCUT2D eigenvalue weighted by Crippen LogP contribution is -1.98. The predicted molar refractivity (Wildman–Crippen MR) is 99.8 cm³/mol. The molecule has 0 unspecified atom stereocenters. The van der Waals surface area contributed by atoms with E-state index >= 15 is 0 Å². The first kappa shape index (κ1) is 17.8. The third-order valence-electron chi connectivity index (χ3n) is 3.73. The van der Waals surface area contributed by atoms with Crippen LogP contribution in [0.4, 0.5) is 17.1 Å². The Labute approximate surface area is 153 Å². The first-order valence-corrected chi connectivity index (χ1v) is 7.83. The summed E-state index contributed by atoms with van der Waals surface area (Å²) in [6.45, 7) is 1.99. The van der Waals surface area contributed by atoms with Crippen LogP contribution >= 0.6 is 0 Å². The van der Waals surface area contributed by atoms with Crippen LogP contribution in [0.15, 0.2) is 64.1 Å². The molecule has 0 bridgehead atoms. The van der Waals surface area contributed by atoms with E-state index in [9.17, 15) is 20.2 Å². The summed E-state index contributed by atoms with van der Waals surface area (Å²) >= 11 is 0. The van der Waals surface area contributed by atoms with Gasteiger partial charge in [0.05, 0.1) is 22.1 Å².